The lowest BCUT2D eigenvalue weighted by atomic mass is 9.91. The molecular formula is C50H40Si. The maximum Gasteiger partial charge on any atom is 0.0722 e. The zero-order chi connectivity index (χ0) is 34.4. The molecule has 0 spiro atoms. The van der Waals surface area contributed by atoms with Gasteiger partial charge in [0, 0.05) is 11.1 Å². The summed E-state index contributed by atoms with van der Waals surface area (Å²) in [5, 5.41) is 10.5. The van der Waals surface area contributed by atoms with E-state index in [1.54, 1.807) is 0 Å². The second kappa shape index (κ2) is 11.3. The number of fused-ring (bicyclic) bond motifs is 8. The first-order chi connectivity index (χ1) is 24.9. The Labute approximate surface area is 301 Å². The number of allylic oxidation sites excluding steroid dienone is 2. The van der Waals surface area contributed by atoms with Gasteiger partial charge in [-0.1, -0.05) is 182 Å². The lowest BCUT2D eigenvalue weighted by Gasteiger charge is -2.39. The van der Waals surface area contributed by atoms with Crippen LogP contribution in [0.3, 0.4) is 0 Å². The van der Waals surface area contributed by atoms with Crippen molar-refractivity contribution < 1.29 is 0 Å². The molecule has 0 fully saturated rings. The predicted molar refractivity (Wildman–Crippen MR) is 224 cm³/mol. The van der Waals surface area contributed by atoms with Gasteiger partial charge in [0.05, 0.1) is 8.07 Å². The SMILES string of the molecule is CC1=Cc2c(-c3cccc4c3ccc3ccccc34)cccc2C1[Si](C)(C)C1C(C)=Cc2c(-c3cccc4c3ccc3ccccc34)cccc21. The highest BCUT2D eigenvalue weighted by atomic mass is 28.3. The molecule has 2 atom stereocenters. The van der Waals surface area contributed by atoms with E-state index in [1.807, 2.05) is 0 Å². The molecule has 0 saturated carbocycles. The lowest BCUT2D eigenvalue weighted by Crippen LogP contribution is -2.42. The average Bonchev–Trinajstić information content (AvgIpc) is 3.70. The first-order valence-corrected chi connectivity index (χ1v) is 21.5. The van der Waals surface area contributed by atoms with Gasteiger partial charge in [-0.3, -0.25) is 0 Å². The van der Waals surface area contributed by atoms with Crippen LogP contribution in [0.4, 0.5) is 0 Å². The van der Waals surface area contributed by atoms with Crippen LogP contribution in [0.1, 0.15) is 47.2 Å². The Morgan fingerprint density at radius 2 is 0.745 bits per heavy atom. The largest absolute Gasteiger partial charge is 0.0722 e. The molecule has 8 aromatic rings. The van der Waals surface area contributed by atoms with Crippen molar-refractivity contribution in [1.82, 2.24) is 0 Å². The van der Waals surface area contributed by atoms with Crippen LogP contribution in [-0.2, 0) is 0 Å². The summed E-state index contributed by atoms with van der Waals surface area (Å²) >= 11 is 0. The molecule has 0 aromatic heterocycles. The molecule has 0 heterocycles. The van der Waals surface area contributed by atoms with Crippen LogP contribution >= 0.6 is 0 Å². The third-order valence-electron chi connectivity index (χ3n) is 12.2. The van der Waals surface area contributed by atoms with E-state index in [-0.39, 0.29) is 0 Å². The maximum absolute atomic E-state index is 2.65. The molecule has 0 radical (unpaired) electrons. The van der Waals surface area contributed by atoms with Gasteiger partial charge >= 0.3 is 0 Å². The molecule has 0 aliphatic heterocycles. The van der Waals surface area contributed by atoms with E-state index >= 15 is 0 Å². The second-order valence-electron chi connectivity index (χ2n) is 15.5. The Bertz CT molecular complexity index is 2620. The highest BCUT2D eigenvalue weighted by molar-refractivity contribution is 6.81. The molecule has 0 N–H and O–H groups in total. The van der Waals surface area contributed by atoms with Crippen LogP contribution in [0.5, 0.6) is 0 Å². The minimum Gasteiger partial charge on any atom is -0.0679 e. The van der Waals surface area contributed by atoms with Gasteiger partial charge in [0.2, 0.25) is 0 Å². The number of hydrogen-bond acceptors (Lipinski definition) is 0. The topological polar surface area (TPSA) is 0 Å². The molecule has 0 saturated heterocycles. The molecule has 0 nitrogen and oxygen atoms in total. The van der Waals surface area contributed by atoms with Crippen molar-refractivity contribution in [3.8, 4) is 22.3 Å². The van der Waals surface area contributed by atoms with Crippen LogP contribution in [0.25, 0.3) is 77.5 Å². The van der Waals surface area contributed by atoms with E-state index in [4.69, 9.17) is 0 Å². The summed E-state index contributed by atoms with van der Waals surface area (Å²) in [6, 6.07) is 54.6. The summed E-state index contributed by atoms with van der Waals surface area (Å²) in [7, 11) is -2.03. The van der Waals surface area contributed by atoms with Gasteiger partial charge in [0.25, 0.3) is 0 Å². The fraction of sp³-hybridized carbons (Fsp3) is 0.120. The van der Waals surface area contributed by atoms with Gasteiger partial charge in [-0.05, 0) is 101 Å². The molecule has 8 aromatic carbocycles. The minimum atomic E-state index is -2.03. The van der Waals surface area contributed by atoms with Crippen LogP contribution in [-0.4, -0.2) is 8.07 Å². The van der Waals surface area contributed by atoms with Crippen molar-refractivity contribution in [2.24, 2.45) is 0 Å². The Balaban J connectivity index is 1.08. The number of hydrogen-bond donors (Lipinski definition) is 0. The van der Waals surface area contributed by atoms with Gasteiger partial charge in [0.1, 0.15) is 0 Å². The third kappa shape index (κ3) is 4.44. The van der Waals surface area contributed by atoms with Gasteiger partial charge in [-0.25, -0.2) is 0 Å². The zero-order valence-corrected chi connectivity index (χ0v) is 30.7. The fourth-order valence-electron chi connectivity index (χ4n) is 10.3. The Morgan fingerprint density at radius 3 is 1.22 bits per heavy atom. The Hall–Kier alpha value is -5.50. The molecule has 244 valence electrons. The van der Waals surface area contributed by atoms with E-state index in [1.165, 1.54) is 98.7 Å². The van der Waals surface area contributed by atoms with Crippen molar-refractivity contribution in [3.63, 3.8) is 0 Å². The smallest absolute Gasteiger partial charge is 0.0679 e. The predicted octanol–water partition coefficient (Wildman–Crippen LogP) is 14.1. The van der Waals surface area contributed by atoms with Crippen molar-refractivity contribution in [2.45, 2.75) is 38.0 Å². The normalized spacial score (nSPS) is 16.9. The van der Waals surface area contributed by atoms with Gasteiger partial charge in [-0.2, -0.15) is 0 Å². The molecule has 1 heteroatoms. The molecule has 10 rings (SSSR count). The molecule has 2 aliphatic rings. The highest BCUT2D eigenvalue weighted by Crippen LogP contribution is 2.55. The van der Waals surface area contributed by atoms with Crippen molar-refractivity contribution in [2.75, 3.05) is 0 Å². The average molecular weight is 669 g/mol. The summed E-state index contributed by atoms with van der Waals surface area (Å²) in [6.45, 7) is 10.1. The Morgan fingerprint density at radius 1 is 0.353 bits per heavy atom. The lowest BCUT2D eigenvalue weighted by molar-refractivity contribution is 0.969. The maximum atomic E-state index is 2.65. The summed E-state index contributed by atoms with van der Waals surface area (Å²) in [4.78, 5) is 0. The van der Waals surface area contributed by atoms with Crippen LogP contribution < -0.4 is 0 Å². The molecule has 2 aliphatic carbocycles. The van der Waals surface area contributed by atoms with E-state index in [0.717, 1.165) is 0 Å². The van der Waals surface area contributed by atoms with Crippen molar-refractivity contribution in [1.29, 1.82) is 0 Å². The Kier molecular flexibility index (Phi) is 6.69. The highest BCUT2D eigenvalue weighted by Gasteiger charge is 2.47. The molecular weight excluding hydrogens is 629 g/mol. The zero-order valence-electron chi connectivity index (χ0n) is 29.7. The van der Waals surface area contributed by atoms with E-state index in [0.29, 0.717) is 11.1 Å². The first kappa shape index (κ1) is 30.3. The van der Waals surface area contributed by atoms with Crippen LogP contribution in [0.15, 0.2) is 157 Å². The third-order valence-corrected chi connectivity index (χ3v) is 16.7. The second-order valence-corrected chi connectivity index (χ2v) is 20.3. The summed E-state index contributed by atoms with van der Waals surface area (Å²) < 4.78 is 0. The first-order valence-electron chi connectivity index (χ1n) is 18.3. The molecule has 0 bridgehead atoms. The van der Waals surface area contributed by atoms with E-state index in [9.17, 15) is 0 Å². The monoisotopic (exact) mass is 668 g/mol. The summed E-state index contributed by atoms with van der Waals surface area (Å²) in [5.41, 5.74) is 15.1. The van der Waals surface area contributed by atoms with Gasteiger partial charge < -0.3 is 0 Å². The summed E-state index contributed by atoms with van der Waals surface area (Å²) in [5.74, 6) is 0. The number of rotatable bonds is 4. The van der Waals surface area contributed by atoms with Gasteiger partial charge in [0.15, 0.2) is 0 Å². The van der Waals surface area contributed by atoms with Crippen molar-refractivity contribution in [3.05, 3.63) is 179 Å². The van der Waals surface area contributed by atoms with Crippen molar-refractivity contribution >= 4 is 63.3 Å². The quantitative estimate of drug-likeness (QED) is 0.129. The summed E-state index contributed by atoms with van der Waals surface area (Å²) in [6.07, 6.45) is 5.05. The van der Waals surface area contributed by atoms with E-state index in [2.05, 4.69) is 185 Å². The standard InChI is InChI=1S/C50H40Si/c1-31-29-47-41(39-19-9-17-37-35-15-7-5-13-33(35)25-27-43(37)39)21-11-23-45(47)49(31)51(3,4)50-32(2)30-48-42(22-12-24-46(48)50)40-20-10-18-38-36-16-8-6-14-34(36)26-28-44(38)40/h5-30,49-50H,1-4H3. The molecule has 51 heavy (non-hydrogen) atoms. The molecule has 0 amide bonds. The molecule has 2 unspecified atom stereocenters. The van der Waals surface area contributed by atoms with E-state index < -0.39 is 8.07 Å². The minimum absolute atomic E-state index is 0.440. The van der Waals surface area contributed by atoms with Crippen LogP contribution in [0.2, 0.25) is 13.1 Å². The number of benzene rings is 8. The fourth-order valence-corrected chi connectivity index (χ4v) is 15.2. The van der Waals surface area contributed by atoms with Gasteiger partial charge in [-0.15, -0.1) is 0 Å². The van der Waals surface area contributed by atoms with Crippen LogP contribution in [0, 0.1) is 0 Å².